The molecule has 1 aliphatic carbocycles. The van der Waals surface area contributed by atoms with Crippen molar-refractivity contribution in [3.8, 4) is 0 Å². The molecule has 2 heteroatoms. The maximum atomic E-state index is 12.7. The first-order valence-electron chi connectivity index (χ1n) is 7.23. The van der Waals surface area contributed by atoms with Crippen LogP contribution < -0.4 is 0 Å². The summed E-state index contributed by atoms with van der Waals surface area (Å²) in [6.45, 7) is 4.26. The molecule has 0 amide bonds. The molecule has 0 fully saturated rings. The maximum absolute atomic E-state index is 12.7. The van der Waals surface area contributed by atoms with E-state index in [-0.39, 0.29) is 5.97 Å². The minimum atomic E-state index is -0.696. The fourth-order valence-corrected chi connectivity index (χ4v) is 3.11. The van der Waals surface area contributed by atoms with Crippen LogP contribution in [0.15, 0.2) is 66.2 Å². The molecule has 0 saturated carbocycles. The predicted molar refractivity (Wildman–Crippen MR) is 83.8 cm³/mol. The first-order valence-corrected chi connectivity index (χ1v) is 7.23. The smallest absolute Gasteiger partial charge is 0.325 e. The largest absolute Gasteiger partial charge is 0.465 e. The van der Waals surface area contributed by atoms with Gasteiger partial charge in [0, 0.05) is 0 Å². The van der Waals surface area contributed by atoms with Crippen LogP contribution in [0.3, 0.4) is 0 Å². The Kier molecular flexibility index (Phi) is 3.38. The summed E-state index contributed by atoms with van der Waals surface area (Å²) in [5, 5.41) is 0. The molecule has 0 heterocycles. The Bertz CT molecular complexity index is 686. The molecule has 0 bridgehead atoms. The van der Waals surface area contributed by atoms with Gasteiger partial charge in [0.05, 0.1) is 6.61 Å². The molecule has 1 unspecified atom stereocenters. The Labute approximate surface area is 125 Å². The Morgan fingerprint density at radius 3 is 2.14 bits per heavy atom. The minimum absolute atomic E-state index is 0.174. The predicted octanol–water partition coefficient (Wildman–Crippen LogP) is 3.97. The zero-order valence-electron chi connectivity index (χ0n) is 12.3. The number of carbonyl (C=O) groups is 1. The van der Waals surface area contributed by atoms with Crippen LogP contribution >= 0.6 is 0 Å². The first kappa shape index (κ1) is 13.6. The maximum Gasteiger partial charge on any atom is 0.325 e. The second-order valence-electron chi connectivity index (χ2n) is 5.20. The fraction of sp³-hybridized carbons (Fsp3) is 0.211. The molecule has 0 aromatic heterocycles. The standard InChI is InChI=1S/C19H18O2/c1-3-21-18(20)19(16-12-8-5-9-13-16)14(2)17(19)15-10-6-4-7-11-15/h4-13H,3H2,1-2H3. The number of rotatable bonds is 4. The molecule has 0 radical (unpaired) electrons. The van der Waals surface area contributed by atoms with E-state index < -0.39 is 5.41 Å². The van der Waals surface area contributed by atoms with Gasteiger partial charge in [0.1, 0.15) is 5.41 Å². The number of esters is 1. The Hall–Kier alpha value is -2.35. The number of ether oxygens (including phenoxy) is 1. The van der Waals surface area contributed by atoms with Gasteiger partial charge >= 0.3 is 5.97 Å². The lowest BCUT2D eigenvalue weighted by Crippen LogP contribution is -2.28. The van der Waals surface area contributed by atoms with Gasteiger partial charge in [-0.3, -0.25) is 4.79 Å². The third-order valence-electron chi connectivity index (χ3n) is 4.10. The average Bonchev–Trinajstić information content (AvgIpc) is 3.16. The van der Waals surface area contributed by atoms with Crippen LogP contribution in [0.4, 0.5) is 0 Å². The van der Waals surface area contributed by atoms with Gasteiger partial charge in [-0.1, -0.05) is 60.7 Å². The summed E-state index contributed by atoms with van der Waals surface area (Å²) in [7, 11) is 0. The minimum Gasteiger partial charge on any atom is -0.465 e. The second-order valence-corrected chi connectivity index (χ2v) is 5.20. The number of benzene rings is 2. The summed E-state index contributed by atoms with van der Waals surface area (Å²) in [5.74, 6) is -0.174. The zero-order chi connectivity index (χ0) is 14.9. The van der Waals surface area contributed by atoms with E-state index in [2.05, 4.69) is 0 Å². The molecule has 0 N–H and O–H groups in total. The van der Waals surface area contributed by atoms with Crippen molar-refractivity contribution < 1.29 is 9.53 Å². The van der Waals surface area contributed by atoms with Crippen LogP contribution in [0.1, 0.15) is 25.0 Å². The zero-order valence-corrected chi connectivity index (χ0v) is 12.3. The van der Waals surface area contributed by atoms with E-state index in [1.54, 1.807) is 0 Å². The SMILES string of the molecule is CCOC(=O)C1(c2ccccc2)C(C)=C1c1ccccc1. The van der Waals surface area contributed by atoms with Crippen molar-refractivity contribution in [3.63, 3.8) is 0 Å². The summed E-state index contributed by atoms with van der Waals surface area (Å²) < 4.78 is 5.37. The van der Waals surface area contributed by atoms with E-state index in [0.29, 0.717) is 6.61 Å². The van der Waals surface area contributed by atoms with Gasteiger partial charge in [-0.2, -0.15) is 0 Å². The van der Waals surface area contributed by atoms with E-state index in [1.807, 2.05) is 74.5 Å². The second kappa shape index (κ2) is 5.21. The molecule has 1 atom stereocenters. The molecular weight excluding hydrogens is 260 g/mol. The average molecular weight is 278 g/mol. The lowest BCUT2D eigenvalue weighted by Gasteiger charge is -2.19. The fourth-order valence-electron chi connectivity index (χ4n) is 3.11. The van der Waals surface area contributed by atoms with Crippen molar-refractivity contribution in [2.75, 3.05) is 6.61 Å². The third-order valence-corrected chi connectivity index (χ3v) is 4.10. The van der Waals surface area contributed by atoms with Gasteiger partial charge in [-0.25, -0.2) is 0 Å². The third kappa shape index (κ3) is 1.99. The monoisotopic (exact) mass is 278 g/mol. The summed E-state index contributed by atoms with van der Waals surface area (Å²) in [5.41, 5.74) is 3.54. The quantitative estimate of drug-likeness (QED) is 0.791. The van der Waals surface area contributed by atoms with Gasteiger partial charge in [-0.05, 0) is 36.1 Å². The van der Waals surface area contributed by atoms with E-state index in [1.165, 1.54) is 0 Å². The highest BCUT2D eigenvalue weighted by Crippen LogP contribution is 2.60. The number of hydrogen-bond acceptors (Lipinski definition) is 2. The van der Waals surface area contributed by atoms with E-state index in [9.17, 15) is 4.79 Å². The number of carbonyl (C=O) groups excluding carboxylic acids is 1. The van der Waals surface area contributed by atoms with Crippen LogP contribution in [0.5, 0.6) is 0 Å². The molecule has 106 valence electrons. The highest BCUT2D eigenvalue weighted by Gasteiger charge is 2.59. The van der Waals surface area contributed by atoms with Gasteiger partial charge in [0.25, 0.3) is 0 Å². The van der Waals surface area contributed by atoms with E-state index >= 15 is 0 Å². The van der Waals surface area contributed by atoms with Crippen molar-refractivity contribution in [2.45, 2.75) is 19.3 Å². The summed E-state index contributed by atoms with van der Waals surface area (Å²) in [6, 6.07) is 19.9. The van der Waals surface area contributed by atoms with Crippen molar-refractivity contribution in [2.24, 2.45) is 0 Å². The molecule has 2 aromatic carbocycles. The van der Waals surface area contributed by atoms with Crippen LogP contribution in [0, 0.1) is 0 Å². The van der Waals surface area contributed by atoms with Crippen LogP contribution in [-0.2, 0) is 14.9 Å². The van der Waals surface area contributed by atoms with Gasteiger partial charge in [0.2, 0.25) is 0 Å². The molecule has 2 aromatic rings. The highest BCUT2D eigenvalue weighted by atomic mass is 16.5. The van der Waals surface area contributed by atoms with Crippen LogP contribution in [0.25, 0.3) is 5.57 Å². The first-order chi connectivity index (χ1) is 10.2. The normalized spacial score (nSPS) is 20.3. The van der Waals surface area contributed by atoms with Gasteiger partial charge in [-0.15, -0.1) is 0 Å². The Morgan fingerprint density at radius 1 is 1.00 bits per heavy atom. The molecule has 2 nitrogen and oxygen atoms in total. The Morgan fingerprint density at radius 2 is 1.57 bits per heavy atom. The Balaban J connectivity index is 2.08. The number of hydrogen-bond donors (Lipinski definition) is 0. The van der Waals surface area contributed by atoms with Gasteiger partial charge in [0.15, 0.2) is 0 Å². The van der Waals surface area contributed by atoms with Crippen LogP contribution in [-0.4, -0.2) is 12.6 Å². The molecule has 3 rings (SSSR count). The van der Waals surface area contributed by atoms with Crippen LogP contribution in [0.2, 0.25) is 0 Å². The summed E-state index contributed by atoms with van der Waals surface area (Å²) in [4.78, 5) is 12.7. The van der Waals surface area contributed by atoms with Crippen molar-refractivity contribution >= 4 is 11.5 Å². The molecule has 1 aliphatic rings. The van der Waals surface area contributed by atoms with Crippen molar-refractivity contribution in [1.82, 2.24) is 0 Å². The summed E-state index contributed by atoms with van der Waals surface area (Å²) in [6.07, 6.45) is 0. The topological polar surface area (TPSA) is 26.3 Å². The van der Waals surface area contributed by atoms with Gasteiger partial charge < -0.3 is 4.74 Å². The summed E-state index contributed by atoms with van der Waals surface area (Å²) >= 11 is 0. The highest BCUT2D eigenvalue weighted by molar-refractivity contribution is 6.15. The lowest BCUT2D eigenvalue weighted by atomic mass is 9.86. The molecule has 0 saturated heterocycles. The van der Waals surface area contributed by atoms with Crippen molar-refractivity contribution in [1.29, 1.82) is 0 Å². The molecule has 0 aliphatic heterocycles. The lowest BCUT2D eigenvalue weighted by molar-refractivity contribution is -0.145. The van der Waals surface area contributed by atoms with E-state index in [4.69, 9.17) is 4.74 Å². The van der Waals surface area contributed by atoms with Crippen molar-refractivity contribution in [3.05, 3.63) is 77.4 Å². The molecular formula is C19H18O2. The van der Waals surface area contributed by atoms with E-state index in [0.717, 1.165) is 22.3 Å². The molecule has 21 heavy (non-hydrogen) atoms. The molecule has 0 spiro atoms.